The average molecular weight is 499 g/mol. The highest BCUT2D eigenvalue weighted by Gasteiger charge is 2.11. The molecular formula is C21H34IN5O. The minimum atomic E-state index is 0. The van der Waals surface area contributed by atoms with E-state index >= 15 is 0 Å². The van der Waals surface area contributed by atoms with E-state index in [-0.39, 0.29) is 30.6 Å². The highest BCUT2D eigenvalue weighted by molar-refractivity contribution is 14.0. The smallest absolute Gasteiger partial charge is 0.191 e. The summed E-state index contributed by atoms with van der Waals surface area (Å²) in [6.07, 6.45) is 3.75. The van der Waals surface area contributed by atoms with Crippen LogP contribution >= 0.6 is 24.0 Å². The van der Waals surface area contributed by atoms with Crippen LogP contribution in [0.1, 0.15) is 39.4 Å². The summed E-state index contributed by atoms with van der Waals surface area (Å²) >= 11 is 0. The molecule has 7 heteroatoms. The number of imidazole rings is 1. The summed E-state index contributed by atoms with van der Waals surface area (Å²) in [6.45, 7) is 8.79. The largest absolute Gasteiger partial charge is 0.396 e. The molecule has 2 aromatic rings. The molecule has 1 heterocycles. The number of aliphatic imine (C=N–C) groups is 1. The van der Waals surface area contributed by atoms with Gasteiger partial charge in [-0.3, -0.25) is 0 Å². The number of guanidine groups is 1. The first-order valence-electron chi connectivity index (χ1n) is 9.84. The lowest BCUT2D eigenvalue weighted by molar-refractivity contribution is 0.243. The molecule has 0 aliphatic heterocycles. The van der Waals surface area contributed by atoms with Gasteiger partial charge in [-0.2, -0.15) is 0 Å². The molecule has 0 spiro atoms. The van der Waals surface area contributed by atoms with Crippen molar-refractivity contribution in [2.75, 3.05) is 19.7 Å². The Balaban J connectivity index is 0.00000392. The number of aromatic nitrogens is 2. The Morgan fingerprint density at radius 2 is 1.96 bits per heavy atom. The van der Waals surface area contributed by atoms with Gasteiger partial charge in [0.15, 0.2) is 5.96 Å². The number of H-pyrrole nitrogens is 1. The lowest BCUT2D eigenvalue weighted by Gasteiger charge is -2.20. The lowest BCUT2D eigenvalue weighted by atomic mass is 9.94. The van der Waals surface area contributed by atoms with Gasteiger partial charge in [0.05, 0.1) is 11.9 Å². The SMILES string of the molecule is CCNC(=NCc1ncc(-c2ccccc2)[nH]1)NCC(CCO)CC(C)C.I. The van der Waals surface area contributed by atoms with Crippen molar-refractivity contribution >= 4 is 29.9 Å². The van der Waals surface area contributed by atoms with Crippen molar-refractivity contribution in [2.45, 2.75) is 40.2 Å². The predicted octanol–water partition coefficient (Wildman–Crippen LogP) is 3.79. The molecule has 0 saturated heterocycles. The van der Waals surface area contributed by atoms with Crippen LogP contribution in [0.15, 0.2) is 41.5 Å². The van der Waals surface area contributed by atoms with Crippen molar-refractivity contribution in [3.05, 3.63) is 42.4 Å². The fourth-order valence-corrected chi connectivity index (χ4v) is 3.10. The summed E-state index contributed by atoms with van der Waals surface area (Å²) < 4.78 is 0. The molecular weight excluding hydrogens is 465 g/mol. The first kappa shape index (κ1) is 24.4. The number of halogens is 1. The molecule has 0 saturated carbocycles. The molecule has 4 N–H and O–H groups in total. The van der Waals surface area contributed by atoms with Gasteiger partial charge in [-0.25, -0.2) is 9.98 Å². The van der Waals surface area contributed by atoms with Gasteiger partial charge in [-0.15, -0.1) is 24.0 Å². The number of nitrogens with zero attached hydrogens (tertiary/aromatic N) is 2. The summed E-state index contributed by atoms with van der Waals surface area (Å²) in [6, 6.07) is 10.1. The quantitative estimate of drug-likeness (QED) is 0.228. The number of aliphatic hydroxyl groups excluding tert-OH is 1. The Morgan fingerprint density at radius 1 is 1.21 bits per heavy atom. The summed E-state index contributed by atoms with van der Waals surface area (Å²) in [4.78, 5) is 12.4. The second kappa shape index (κ2) is 13.5. The molecule has 1 aromatic heterocycles. The van der Waals surface area contributed by atoms with E-state index in [1.54, 1.807) is 0 Å². The molecule has 2 rings (SSSR count). The van der Waals surface area contributed by atoms with Crippen molar-refractivity contribution in [1.82, 2.24) is 20.6 Å². The van der Waals surface area contributed by atoms with Gasteiger partial charge in [0.2, 0.25) is 0 Å². The molecule has 1 aromatic carbocycles. The van der Waals surface area contributed by atoms with Crippen molar-refractivity contribution in [1.29, 1.82) is 0 Å². The Labute approximate surface area is 185 Å². The molecule has 0 aliphatic rings. The molecule has 1 unspecified atom stereocenters. The van der Waals surface area contributed by atoms with Crippen LogP contribution in [0.4, 0.5) is 0 Å². The summed E-state index contributed by atoms with van der Waals surface area (Å²) in [7, 11) is 0. The highest BCUT2D eigenvalue weighted by atomic mass is 127. The fraction of sp³-hybridized carbons (Fsp3) is 0.524. The van der Waals surface area contributed by atoms with Crippen LogP contribution in [0.2, 0.25) is 0 Å². The second-order valence-electron chi connectivity index (χ2n) is 7.19. The third-order valence-electron chi connectivity index (χ3n) is 4.34. The molecule has 28 heavy (non-hydrogen) atoms. The van der Waals surface area contributed by atoms with E-state index in [1.165, 1.54) is 0 Å². The van der Waals surface area contributed by atoms with E-state index in [0.29, 0.717) is 18.4 Å². The number of aliphatic hydroxyl groups is 1. The van der Waals surface area contributed by atoms with Crippen LogP contribution in [-0.2, 0) is 6.54 Å². The van der Waals surface area contributed by atoms with Crippen molar-refractivity contribution in [2.24, 2.45) is 16.8 Å². The number of aromatic amines is 1. The fourth-order valence-electron chi connectivity index (χ4n) is 3.10. The van der Waals surface area contributed by atoms with E-state index in [1.807, 2.05) is 24.4 Å². The number of benzene rings is 1. The molecule has 1 atom stereocenters. The van der Waals surface area contributed by atoms with Crippen molar-refractivity contribution in [3.8, 4) is 11.3 Å². The Bertz CT molecular complexity index is 687. The standard InChI is InChI=1S/C21H33N5O.HI/c1-4-22-21(24-13-17(10-11-27)12-16(2)3)25-15-20-23-14-19(26-20)18-8-6-5-7-9-18;/h5-9,14,16-17,27H,4,10-13,15H2,1-3H3,(H,23,26)(H2,22,24,25);1H. The van der Waals surface area contributed by atoms with Gasteiger partial charge in [-0.05, 0) is 37.2 Å². The molecule has 0 fully saturated rings. The first-order valence-corrected chi connectivity index (χ1v) is 9.84. The van der Waals surface area contributed by atoms with E-state index in [4.69, 9.17) is 0 Å². The third kappa shape index (κ3) is 8.60. The Kier molecular flexibility index (Phi) is 11.8. The molecule has 156 valence electrons. The lowest BCUT2D eigenvalue weighted by Crippen LogP contribution is -2.40. The van der Waals surface area contributed by atoms with Gasteiger partial charge >= 0.3 is 0 Å². The molecule has 0 bridgehead atoms. The van der Waals surface area contributed by atoms with Crippen LogP contribution in [0.3, 0.4) is 0 Å². The van der Waals surface area contributed by atoms with Crippen LogP contribution in [-0.4, -0.2) is 40.7 Å². The second-order valence-corrected chi connectivity index (χ2v) is 7.19. The van der Waals surface area contributed by atoms with Crippen molar-refractivity contribution in [3.63, 3.8) is 0 Å². The maximum Gasteiger partial charge on any atom is 0.191 e. The van der Waals surface area contributed by atoms with E-state index in [2.05, 4.69) is 58.5 Å². The first-order chi connectivity index (χ1) is 13.1. The van der Waals surface area contributed by atoms with Gasteiger partial charge in [-0.1, -0.05) is 44.2 Å². The Hall–Kier alpha value is -1.61. The minimum Gasteiger partial charge on any atom is -0.396 e. The monoisotopic (exact) mass is 499 g/mol. The number of hydrogen-bond acceptors (Lipinski definition) is 3. The predicted molar refractivity (Wildman–Crippen MR) is 127 cm³/mol. The van der Waals surface area contributed by atoms with E-state index in [0.717, 1.165) is 49.0 Å². The van der Waals surface area contributed by atoms with Crippen LogP contribution < -0.4 is 10.6 Å². The molecule has 0 radical (unpaired) electrons. The van der Waals surface area contributed by atoms with Crippen LogP contribution in [0, 0.1) is 11.8 Å². The zero-order valence-electron chi connectivity index (χ0n) is 17.1. The minimum absolute atomic E-state index is 0. The van der Waals surface area contributed by atoms with E-state index in [9.17, 15) is 5.11 Å². The van der Waals surface area contributed by atoms with Gasteiger partial charge in [0, 0.05) is 19.7 Å². The normalized spacial score (nSPS) is 12.5. The van der Waals surface area contributed by atoms with Crippen LogP contribution in [0.5, 0.6) is 0 Å². The number of hydrogen-bond donors (Lipinski definition) is 4. The average Bonchev–Trinajstić information content (AvgIpc) is 3.13. The van der Waals surface area contributed by atoms with Gasteiger partial charge in [0.1, 0.15) is 12.4 Å². The number of nitrogens with one attached hydrogen (secondary N) is 3. The van der Waals surface area contributed by atoms with Gasteiger partial charge < -0.3 is 20.7 Å². The van der Waals surface area contributed by atoms with Gasteiger partial charge in [0.25, 0.3) is 0 Å². The summed E-state index contributed by atoms with van der Waals surface area (Å²) in [5, 5.41) is 16.0. The van der Waals surface area contributed by atoms with Crippen molar-refractivity contribution < 1.29 is 5.11 Å². The molecule has 6 nitrogen and oxygen atoms in total. The number of rotatable bonds is 10. The third-order valence-corrected chi connectivity index (χ3v) is 4.34. The topological polar surface area (TPSA) is 85.3 Å². The maximum absolute atomic E-state index is 9.28. The molecule has 0 amide bonds. The zero-order chi connectivity index (χ0) is 19.5. The highest BCUT2D eigenvalue weighted by Crippen LogP contribution is 2.16. The zero-order valence-corrected chi connectivity index (χ0v) is 19.4. The molecule has 0 aliphatic carbocycles. The maximum atomic E-state index is 9.28. The van der Waals surface area contributed by atoms with Crippen LogP contribution in [0.25, 0.3) is 11.3 Å². The van der Waals surface area contributed by atoms with E-state index < -0.39 is 0 Å². The summed E-state index contributed by atoms with van der Waals surface area (Å²) in [5.74, 6) is 2.66. The summed E-state index contributed by atoms with van der Waals surface area (Å²) in [5.41, 5.74) is 2.12. The Morgan fingerprint density at radius 3 is 2.61 bits per heavy atom.